The maximum absolute atomic E-state index is 13.5. The molecule has 6 nitrogen and oxygen atoms in total. The van der Waals surface area contributed by atoms with Crippen LogP contribution < -0.4 is 10.5 Å². The minimum Gasteiger partial charge on any atom is -0.283 e. The van der Waals surface area contributed by atoms with Gasteiger partial charge in [0, 0.05) is 17.7 Å². The summed E-state index contributed by atoms with van der Waals surface area (Å²) in [5, 5.41) is 2.46. The Hall–Kier alpha value is -3.10. The van der Waals surface area contributed by atoms with Crippen LogP contribution in [-0.4, -0.2) is 26.2 Å². The summed E-state index contributed by atoms with van der Waals surface area (Å²) in [4.78, 5) is 33.9. The maximum Gasteiger partial charge on any atom is 0.296 e. The smallest absolute Gasteiger partial charge is 0.283 e. The van der Waals surface area contributed by atoms with E-state index < -0.39 is 0 Å². The van der Waals surface area contributed by atoms with E-state index in [9.17, 15) is 9.59 Å². The number of benzene rings is 1. The molecular formula is C23H22N4O2S2. The predicted molar refractivity (Wildman–Crippen MR) is 130 cm³/mol. The number of nitrogens with zero attached hydrogens (tertiary/aromatic N) is 4. The fourth-order valence-electron chi connectivity index (χ4n) is 3.39. The number of hydrogen-bond donors (Lipinski definition) is 0. The van der Waals surface area contributed by atoms with Crippen LogP contribution in [0.5, 0.6) is 0 Å². The lowest BCUT2D eigenvalue weighted by Crippen LogP contribution is -2.35. The van der Waals surface area contributed by atoms with E-state index in [1.54, 1.807) is 32.9 Å². The van der Waals surface area contributed by atoms with Crippen LogP contribution in [0.25, 0.3) is 11.8 Å². The number of aromatic nitrogens is 2. The second kappa shape index (κ2) is 8.56. The Morgan fingerprint density at radius 1 is 1.16 bits per heavy atom. The summed E-state index contributed by atoms with van der Waals surface area (Å²) in [5.74, 6) is 0.275. The SMILES string of the molecule is C=CCSC1=N/C(=C\c2sccc2C)C(=O)N1c1c(C)n(C)n(-c2ccccc2)c1=O. The molecular weight excluding hydrogens is 428 g/mol. The molecule has 0 saturated carbocycles. The molecule has 0 aliphatic carbocycles. The van der Waals surface area contributed by atoms with Gasteiger partial charge in [-0.15, -0.1) is 17.9 Å². The van der Waals surface area contributed by atoms with Gasteiger partial charge in [-0.2, -0.15) is 0 Å². The average Bonchev–Trinajstić information content (AvgIpc) is 3.37. The van der Waals surface area contributed by atoms with Crippen LogP contribution in [0.2, 0.25) is 0 Å². The summed E-state index contributed by atoms with van der Waals surface area (Å²) in [6.45, 7) is 7.60. The molecule has 31 heavy (non-hydrogen) atoms. The molecule has 1 aliphatic heterocycles. The highest BCUT2D eigenvalue weighted by Gasteiger charge is 2.36. The van der Waals surface area contributed by atoms with Crippen molar-refractivity contribution in [3.8, 4) is 5.69 Å². The standard InChI is InChI=1S/C23H22N4O2S2/c1-5-12-31-23-24-18(14-19-15(2)11-13-30-19)21(28)26(23)20-16(3)25(4)27(22(20)29)17-9-7-6-8-10-17/h5-11,13-14H,1,12H2,2-4H3/b18-14-. The molecule has 0 fully saturated rings. The number of thioether (sulfide) groups is 1. The van der Waals surface area contributed by atoms with E-state index in [0.717, 1.165) is 16.1 Å². The molecule has 0 unspecified atom stereocenters. The van der Waals surface area contributed by atoms with Gasteiger partial charge in [0.15, 0.2) is 5.17 Å². The number of carbonyl (C=O) groups is 1. The minimum atomic E-state index is -0.301. The molecule has 1 aromatic carbocycles. The summed E-state index contributed by atoms with van der Waals surface area (Å²) in [6, 6.07) is 11.4. The van der Waals surface area contributed by atoms with Crippen LogP contribution in [0.1, 0.15) is 16.1 Å². The zero-order chi connectivity index (χ0) is 22.1. The molecule has 0 atom stereocenters. The molecule has 4 rings (SSSR count). The summed E-state index contributed by atoms with van der Waals surface area (Å²) < 4.78 is 3.33. The highest BCUT2D eigenvalue weighted by atomic mass is 32.2. The first kappa shape index (κ1) is 21.1. The lowest BCUT2D eigenvalue weighted by Gasteiger charge is -2.15. The number of rotatable bonds is 5. The van der Waals surface area contributed by atoms with Crippen molar-refractivity contribution in [2.24, 2.45) is 12.0 Å². The highest BCUT2D eigenvalue weighted by molar-refractivity contribution is 8.14. The van der Waals surface area contributed by atoms with Crippen LogP contribution in [0, 0.1) is 13.8 Å². The van der Waals surface area contributed by atoms with E-state index in [-0.39, 0.29) is 11.5 Å². The van der Waals surface area contributed by atoms with Gasteiger partial charge >= 0.3 is 0 Å². The van der Waals surface area contributed by atoms with Crippen LogP contribution in [0.4, 0.5) is 5.69 Å². The molecule has 158 valence electrons. The predicted octanol–water partition coefficient (Wildman–Crippen LogP) is 4.52. The first-order valence-electron chi connectivity index (χ1n) is 9.70. The first-order valence-corrected chi connectivity index (χ1v) is 11.6. The highest BCUT2D eigenvalue weighted by Crippen LogP contribution is 2.31. The number of thiophene rings is 1. The van der Waals surface area contributed by atoms with Crippen molar-refractivity contribution >= 4 is 45.9 Å². The van der Waals surface area contributed by atoms with Crippen molar-refractivity contribution in [3.05, 3.63) is 86.6 Å². The molecule has 3 aromatic rings. The van der Waals surface area contributed by atoms with Gasteiger partial charge in [-0.3, -0.25) is 14.3 Å². The van der Waals surface area contributed by atoms with Crippen molar-refractivity contribution in [2.45, 2.75) is 13.8 Å². The Morgan fingerprint density at radius 3 is 2.55 bits per heavy atom. The summed E-state index contributed by atoms with van der Waals surface area (Å²) in [6.07, 6.45) is 3.55. The Balaban J connectivity index is 1.85. The monoisotopic (exact) mass is 450 g/mol. The van der Waals surface area contributed by atoms with Gasteiger partial charge < -0.3 is 0 Å². The fraction of sp³-hybridized carbons (Fsp3) is 0.174. The Kier molecular flexibility index (Phi) is 5.84. The van der Waals surface area contributed by atoms with Gasteiger partial charge in [0.1, 0.15) is 11.4 Å². The first-order chi connectivity index (χ1) is 14.9. The van der Waals surface area contributed by atoms with Crippen molar-refractivity contribution in [2.75, 3.05) is 10.7 Å². The number of hydrogen-bond acceptors (Lipinski definition) is 5. The van der Waals surface area contributed by atoms with Crippen LogP contribution in [0.3, 0.4) is 0 Å². The van der Waals surface area contributed by atoms with Crippen LogP contribution in [-0.2, 0) is 11.8 Å². The molecule has 0 bridgehead atoms. The third-order valence-corrected chi connectivity index (χ3v) is 6.98. The molecule has 0 spiro atoms. The number of aryl methyl sites for hydroxylation is 1. The van der Waals surface area contributed by atoms with E-state index in [1.165, 1.54) is 16.7 Å². The molecule has 0 N–H and O–H groups in total. The molecule has 0 saturated heterocycles. The Bertz CT molecular complexity index is 1280. The van der Waals surface area contributed by atoms with Crippen molar-refractivity contribution < 1.29 is 4.79 Å². The van der Waals surface area contributed by atoms with Crippen molar-refractivity contribution in [3.63, 3.8) is 0 Å². The van der Waals surface area contributed by atoms with Gasteiger partial charge in [0.25, 0.3) is 11.5 Å². The van der Waals surface area contributed by atoms with Gasteiger partial charge in [-0.25, -0.2) is 14.6 Å². The van der Waals surface area contributed by atoms with E-state index in [4.69, 9.17) is 0 Å². The number of para-hydroxylation sites is 1. The molecule has 0 radical (unpaired) electrons. The number of amides is 1. The average molecular weight is 451 g/mol. The number of carbonyl (C=O) groups excluding carboxylic acids is 1. The fourth-order valence-corrected chi connectivity index (χ4v) is 4.98. The van der Waals surface area contributed by atoms with Crippen molar-refractivity contribution in [1.29, 1.82) is 0 Å². The second-order valence-corrected chi connectivity index (χ2v) is 8.98. The quantitative estimate of drug-likeness (QED) is 0.424. The zero-order valence-corrected chi connectivity index (χ0v) is 19.2. The topological polar surface area (TPSA) is 59.6 Å². The summed E-state index contributed by atoms with van der Waals surface area (Å²) >= 11 is 2.94. The van der Waals surface area contributed by atoms with E-state index in [0.29, 0.717) is 28.0 Å². The lowest BCUT2D eigenvalue weighted by atomic mass is 10.2. The number of amidine groups is 1. The Morgan fingerprint density at radius 2 is 1.90 bits per heavy atom. The van der Waals surface area contributed by atoms with Gasteiger partial charge in [0.05, 0.1) is 11.4 Å². The van der Waals surface area contributed by atoms with Gasteiger partial charge in [-0.05, 0) is 49.1 Å². The summed E-state index contributed by atoms with van der Waals surface area (Å²) in [5.41, 5.74) is 2.88. The molecule has 3 heterocycles. The van der Waals surface area contributed by atoms with E-state index >= 15 is 0 Å². The molecule has 1 aliphatic rings. The third kappa shape index (κ3) is 3.73. The number of aliphatic imine (C=N–C) groups is 1. The molecule has 8 heteroatoms. The van der Waals surface area contributed by atoms with Crippen molar-refractivity contribution in [1.82, 2.24) is 9.36 Å². The van der Waals surface area contributed by atoms with E-state index in [1.807, 2.05) is 62.7 Å². The van der Waals surface area contributed by atoms with E-state index in [2.05, 4.69) is 11.6 Å². The third-order valence-electron chi connectivity index (χ3n) is 5.08. The second-order valence-electron chi connectivity index (χ2n) is 7.04. The molecule has 1 amide bonds. The van der Waals surface area contributed by atoms with Gasteiger partial charge in [-0.1, -0.05) is 36.0 Å². The van der Waals surface area contributed by atoms with Crippen LogP contribution >= 0.6 is 23.1 Å². The normalized spacial score (nSPS) is 15.1. The maximum atomic E-state index is 13.5. The summed E-state index contributed by atoms with van der Waals surface area (Å²) in [7, 11) is 1.81. The minimum absolute atomic E-state index is 0.264. The zero-order valence-electron chi connectivity index (χ0n) is 17.5. The van der Waals surface area contributed by atoms with Gasteiger partial charge in [0.2, 0.25) is 0 Å². The largest absolute Gasteiger partial charge is 0.296 e. The molecule has 2 aromatic heterocycles. The lowest BCUT2D eigenvalue weighted by molar-refractivity contribution is -0.113. The number of anilines is 1. The van der Waals surface area contributed by atoms with Crippen LogP contribution in [0.15, 0.2) is 69.9 Å². The Labute approximate surface area is 188 Å².